The highest BCUT2D eigenvalue weighted by Crippen LogP contribution is 2.25. The molecule has 2 aromatic heterocycles. The molecule has 3 heterocycles. The zero-order valence-corrected chi connectivity index (χ0v) is 12.5. The van der Waals surface area contributed by atoms with Crippen molar-refractivity contribution in [1.29, 1.82) is 0 Å². The van der Waals surface area contributed by atoms with E-state index in [1.54, 1.807) is 0 Å². The number of aromatic nitrogens is 2. The number of likely N-dealkylation sites (N-methyl/N-ethyl adjacent to an activating group) is 1. The Morgan fingerprint density at radius 1 is 1.24 bits per heavy atom. The molecule has 0 saturated carbocycles. The lowest BCUT2D eigenvalue weighted by atomic mass is 9.95. The van der Waals surface area contributed by atoms with Crippen LogP contribution in [0.25, 0.3) is 0 Å². The summed E-state index contributed by atoms with van der Waals surface area (Å²) in [5, 5.41) is 3.36. The molecule has 0 unspecified atom stereocenters. The lowest BCUT2D eigenvalue weighted by Gasteiger charge is -2.29. The van der Waals surface area contributed by atoms with Gasteiger partial charge in [-0.3, -0.25) is 4.98 Å². The average Bonchev–Trinajstić information content (AvgIpc) is 2.54. The summed E-state index contributed by atoms with van der Waals surface area (Å²) in [7, 11) is 2.19. The molecule has 1 saturated heterocycles. The molecule has 2 aromatic rings. The fourth-order valence-electron chi connectivity index (χ4n) is 2.87. The van der Waals surface area contributed by atoms with Crippen LogP contribution in [-0.2, 0) is 6.54 Å². The second kappa shape index (κ2) is 6.68. The molecule has 4 heteroatoms. The van der Waals surface area contributed by atoms with Crippen LogP contribution in [0.4, 0.5) is 5.82 Å². The first kappa shape index (κ1) is 14.0. The van der Waals surface area contributed by atoms with Gasteiger partial charge in [0.15, 0.2) is 0 Å². The maximum atomic E-state index is 4.78. The molecule has 1 aliphatic heterocycles. The zero-order chi connectivity index (χ0) is 14.5. The molecule has 1 aliphatic rings. The van der Waals surface area contributed by atoms with Crippen molar-refractivity contribution in [1.82, 2.24) is 14.9 Å². The second-order valence-electron chi connectivity index (χ2n) is 5.72. The number of piperidine rings is 1. The number of nitrogens with one attached hydrogen (secondary N) is 1. The van der Waals surface area contributed by atoms with Crippen molar-refractivity contribution in [3.8, 4) is 0 Å². The van der Waals surface area contributed by atoms with Gasteiger partial charge in [-0.1, -0.05) is 12.1 Å². The van der Waals surface area contributed by atoms with Crippen LogP contribution < -0.4 is 5.32 Å². The molecular weight excluding hydrogens is 260 g/mol. The van der Waals surface area contributed by atoms with Crippen LogP contribution in [0, 0.1) is 0 Å². The van der Waals surface area contributed by atoms with Gasteiger partial charge in [-0.15, -0.1) is 0 Å². The summed E-state index contributed by atoms with van der Waals surface area (Å²) in [5.41, 5.74) is 2.23. The van der Waals surface area contributed by atoms with Crippen molar-refractivity contribution >= 4 is 5.82 Å². The third-order valence-corrected chi connectivity index (χ3v) is 3.99. The number of hydrogen-bond acceptors (Lipinski definition) is 4. The zero-order valence-electron chi connectivity index (χ0n) is 12.5. The van der Waals surface area contributed by atoms with Gasteiger partial charge in [0.2, 0.25) is 0 Å². The van der Waals surface area contributed by atoms with Crippen molar-refractivity contribution < 1.29 is 0 Å². The molecule has 110 valence electrons. The fraction of sp³-hybridized carbons (Fsp3) is 0.412. The van der Waals surface area contributed by atoms with E-state index in [4.69, 9.17) is 4.98 Å². The van der Waals surface area contributed by atoms with Gasteiger partial charge in [0, 0.05) is 24.4 Å². The number of nitrogens with zero attached hydrogens (tertiary/aromatic N) is 3. The highest BCUT2D eigenvalue weighted by atomic mass is 15.1. The van der Waals surface area contributed by atoms with E-state index in [-0.39, 0.29) is 0 Å². The van der Waals surface area contributed by atoms with E-state index in [9.17, 15) is 0 Å². The first-order chi connectivity index (χ1) is 10.3. The van der Waals surface area contributed by atoms with E-state index >= 15 is 0 Å². The van der Waals surface area contributed by atoms with Crippen LogP contribution in [0.2, 0.25) is 0 Å². The number of pyridine rings is 2. The average molecular weight is 282 g/mol. The molecule has 3 rings (SSSR count). The highest BCUT2D eigenvalue weighted by Gasteiger charge is 2.20. The number of rotatable bonds is 4. The molecule has 21 heavy (non-hydrogen) atoms. The minimum absolute atomic E-state index is 0.556. The van der Waals surface area contributed by atoms with E-state index < -0.39 is 0 Å². The maximum absolute atomic E-state index is 4.78. The van der Waals surface area contributed by atoms with Gasteiger partial charge < -0.3 is 10.2 Å². The normalized spacial score (nSPS) is 19.4. The summed E-state index contributed by atoms with van der Waals surface area (Å²) in [5.74, 6) is 1.49. The monoisotopic (exact) mass is 282 g/mol. The van der Waals surface area contributed by atoms with Crippen molar-refractivity contribution in [3.05, 3.63) is 54.0 Å². The fourth-order valence-corrected chi connectivity index (χ4v) is 2.87. The summed E-state index contributed by atoms with van der Waals surface area (Å²) in [6.45, 7) is 3.02. The standard InChI is InChI=1S/C17H22N4/c1-21-11-5-6-14(13-21)16-8-4-9-17(20-16)19-12-15-7-2-3-10-18-15/h2-4,7-10,14H,5-6,11-13H2,1H3,(H,19,20)/t14-/m1/s1. The van der Waals surface area contributed by atoms with E-state index in [1.165, 1.54) is 25.1 Å². The molecule has 0 amide bonds. The Hall–Kier alpha value is -1.94. The van der Waals surface area contributed by atoms with Crippen molar-refractivity contribution in [2.75, 3.05) is 25.5 Å². The first-order valence-electron chi connectivity index (χ1n) is 7.60. The van der Waals surface area contributed by atoms with E-state index in [0.29, 0.717) is 12.5 Å². The third-order valence-electron chi connectivity index (χ3n) is 3.99. The van der Waals surface area contributed by atoms with Crippen LogP contribution in [0.1, 0.15) is 30.1 Å². The topological polar surface area (TPSA) is 41.0 Å². The molecule has 1 N–H and O–H groups in total. The molecule has 1 atom stereocenters. The van der Waals surface area contributed by atoms with E-state index in [2.05, 4.69) is 34.4 Å². The summed E-state index contributed by atoms with van der Waals surface area (Å²) in [6.07, 6.45) is 4.31. The van der Waals surface area contributed by atoms with E-state index in [1.807, 2.05) is 30.5 Å². The van der Waals surface area contributed by atoms with Gasteiger partial charge >= 0.3 is 0 Å². The summed E-state index contributed by atoms with van der Waals surface area (Å²) in [6, 6.07) is 12.2. The van der Waals surface area contributed by atoms with Gasteiger partial charge in [0.05, 0.1) is 12.2 Å². The summed E-state index contributed by atoms with van der Waals surface area (Å²) < 4.78 is 0. The first-order valence-corrected chi connectivity index (χ1v) is 7.60. The van der Waals surface area contributed by atoms with Crippen LogP contribution in [0.3, 0.4) is 0 Å². The van der Waals surface area contributed by atoms with Crippen molar-refractivity contribution in [2.24, 2.45) is 0 Å². The number of hydrogen-bond donors (Lipinski definition) is 1. The summed E-state index contributed by atoms with van der Waals surface area (Å²) >= 11 is 0. The smallest absolute Gasteiger partial charge is 0.126 e. The predicted molar refractivity (Wildman–Crippen MR) is 85.3 cm³/mol. The van der Waals surface area contributed by atoms with Gasteiger partial charge in [0.1, 0.15) is 5.82 Å². The Balaban J connectivity index is 1.65. The Kier molecular flexibility index (Phi) is 4.46. The van der Waals surface area contributed by atoms with E-state index in [0.717, 1.165) is 18.1 Å². The third kappa shape index (κ3) is 3.79. The van der Waals surface area contributed by atoms with Gasteiger partial charge in [-0.2, -0.15) is 0 Å². The van der Waals surface area contributed by atoms with Gasteiger partial charge in [0.25, 0.3) is 0 Å². The Morgan fingerprint density at radius 2 is 2.19 bits per heavy atom. The minimum atomic E-state index is 0.556. The lowest BCUT2D eigenvalue weighted by Crippen LogP contribution is -2.31. The molecule has 0 bridgehead atoms. The lowest BCUT2D eigenvalue weighted by molar-refractivity contribution is 0.248. The van der Waals surface area contributed by atoms with Gasteiger partial charge in [-0.05, 0) is 50.7 Å². The van der Waals surface area contributed by atoms with Crippen LogP contribution in [-0.4, -0.2) is 35.0 Å². The Labute approximate surface area is 126 Å². The molecule has 4 nitrogen and oxygen atoms in total. The Bertz CT molecular complexity index is 570. The highest BCUT2D eigenvalue weighted by molar-refractivity contribution is 5.36. The largest absolute Gasteiger partial charge is 0.364 e. The van der Waals surface area contributed by atoms with Crippen LogP contribution >= 0.6 is 0 Å². The molecule has 0 aliphatic carbocycles. The number of anilines is 1. The number of likely N-dealkylation sites (tertiary alicyclic amines) is 1. The van der Waals surface area contributed by atoms with Gasteiger partial charge in [-0.25, -0.2) is 4.98 Å². The Morgan fingerprint density at radius 3 is 3.00 bits per heavy atom. The van der Waals surface area contributed by atoms with Crippen LogP contribution in [0.5, 0.6) is 0 Å². The summed E-state index contributed by atoms with van der Waals surface area (Å²) in [4.78, 5) is 11.5. The van der Waals surface area contributed by atoms with Crippen LogP contribution in [0.15, 0.2) is 42.6 Å². The SMILES string of the molecule is CN1CCC[C@@H](c2cccc(NCc3ccccn3)n2)C1. The predicted octanol–water partition coefficient (Wildman–Crippen LogP) is 2.90. The second-order valence-corrected chi connectivity index (χ2v) is 5.72. The maximum Gasteiger partial charge on any atom is 0.126 e. The molecular formula is C17H22N4. The minimum Gasteiger partial charge on any atom is -0.364 e. The quantitative estimate of drug-likeness (QED) is 0.936. The van der Waals surface area contributed by atoms with Crippen molar-refractivity contribution in [2.45, 2.75) is 25.3 Å². The molecule has 0 spiro atoms. The molecule has 0 radical (unpaired) electrons. The molecule has 0 aromatic carbocycles. The molecule has 1 fully saturated rings. The van der Waals surface area contributed by atoms with Crippen molar-refractivity contribution in [3.63, 3.8) is 0 Å².